The first-order valence-corrected chi connectivity index (χ1v) is 7.43. The van der Waals surface area contributed by atoms with Crippen LogP contribution in [0, 0.1) is 10.1 Å². The average Bonchev–Trinajstić information content (AvgIpc) is 2.52. The van der Waals surface area contributed by atoms with E-state index in [0.717, 1.165) is 25.0 Å². The fourth-order valence-electron chi connectivity index (χ4n) is 2.22. The molecule has 22 heavy (non-hydrogen) atoms. The Morgan fingerprint density at radius 3 is 2.73 bits per heavy atom. The molecule has 0 aliphatic carbocycles. The Kier molecular flexibility index (Phi) is 5.04. The monoisotopic (exact) mass is 301 g/mol. The maximum Gasteiger partial charge on any atom is 0.270 e. The van der Waals surface area contributed by atoms with Gasteiger partial charge in [-0.25, -0.2) is 0 Å². The molecule has 2 rings (SSSR count). The number of rotatable bonds is 6. The zero-order chi connectivity index (χ0) is 16.1. The van der Waals surface area contributed by atoms with Gasteiger partial charge in [-0.2, -0.15) is 0 Å². The Morgan fingerprint density at radius 1 is 1.32 bits per heavy atom. The van der Waals surface area contributed by atoms with Gasteiger partial charge in [-0.15, -0.1) is 0 Å². The van der Waals surface area contributed by atoms with Crippen molar-refractivity contribution in [3.63, 3.8) is 0 Å². The van der Waals surface area contributed by atoms with E-state index in [1.165, 1.54) is 12.1 Å². The predicted molar refractivity (Wildman–Crippen MR) is 85.9 cm³/mol. The normalized spacial score (nSPS) is 10.6. The molecule has 0 saturated heterocycles. The first-order valence-electron chi connectivity index (χ1n) is 7.43. The quantitative estimate of drug-likeness (QED) is 0.649. The number of nitro groups is 1. The third-order valence-electron chi connectivity index (χ3n) is 3.45. The number of carbonyl (C=O) groups excluding carboxylic acids is 1. The Morgan fingerprint density at radius 2 is 2.09 bits per heavy atom. The number of hydrogen-bond acceptors (Lipinski definition) is 4. The number of aryl methyl sites for hydroxylation is 1. The maximum atomic E-state index is 12.0. The van der Waals surface area contributed by atoms with Gasteiger partial charge in [0.2, 0.25) is 5.91 Å². The molecule has 1 N–H and O–H groups in total. The highest BCUT2D eigenvalue weighted by Gasteiger charge is 2.13. The number of nitrogens with zero attached hydrogens (tertiary/aromatic N) is 2. The van der Waals surface area contributed by atoms with Crippen LogP contribution in [0.2, 0.25) is 0 Å². The molecule has 6 heteroatoms. The molecule has 0 fully saturated rings. The highest BCUT2D eigenvalue weighted by atomic mass is 16.6. The lowest BCUT2D eigenvalue weighted by Crippen LogP contribution is -2.12. The van der Waals surface area contributed by atoms with E-state index in [-0.39, 0.29) is 11.6 Å². The fourth-order valence-corrected chi connectivity index (χ4v) is 2.22. The number of hydrogen-bond donors (Lipinski definition) is 1. The number of aromatic nitrogens is 1. The second-order valence-corrected chi connectivity index (χ2v) is 5.12. The number of benzene rings is 1. The van der Waals surface area contributed by atoms with Gasteiger partial charge in [-0.1, -0.05) is 20.3 Å². The van der Waals surface area contributed by atoms with Crippen molar-refractivity contribution in [3.05, 3.63) is 40.1 Å². The number of pyridine rings is 1. The molecule has 0 atom stereocenters. The number of non-ortho nitro benzene ring substituents is 1. The van der Waals surface area contributed by atoms with Crippen LogP contribution in [0.4, 0.5) is 11.4 Å². The van der Waals surface area contributed by atoms with Crippen LogP contribution in [0.25, 0.3) is 10.9 Å². The number of anilines is 1. The number of nitro benzene ring substituents is 1. The maximum absolute atomic E-state index is 12.0. The second-order valence-electron chi connectivity index (χ2n) is 5.12. The lowest BCUT2D eigenvalue weighted by atomic mass is 10.1. The molecule has 1 aromatic heterocycles. The molecule has 0 aliphatic heterocycles. The Balaban J connectivity index is 2.46. The second kappa shape index (κ2) is 6.98. The van der Waals surface area contributed by atoms with E-state index in [1.54, 1.807) is 12.1 Å². The number of nitrogens with one attached hydrogen (secondary N) is 1. The SMILES string of the molecule is CCCCC(=O)Nc1cc(CC)nc2ccc([N+](=O)[O-])cc12. The van der Waals surface area contributed by atoms with Crippen molar-refractivity contribution in [2.45, 2.75) is 39.5 Å². The predicted octanol–water partition coefficient (Wildman–Crippen LogP) is 3.83. The lowest BCUT2D eigenvalue weighted by Gasteiger charge is -2.10. The highest BCUT2D eigenvalue weighted by Crippen LogP contribution is 2.27. The van der Waals surface area contributed by atoms with Crippen molar-refractivity contribution in [2.24, 2.45) is 0 Å². The van der Waals surface area contributed by atoms with E-state index in [1.807, 2.05) is 13.8 Å². The number of amides is 1. The minimum absolute atomic E-state index is 0.0115. The zero-order valence-corrected chi connectivity index (χ0v) is 12.8. The standard InChI is InChI=1S/C16H19N3O3/c1-3-5-6-16(20)18-15-9-11(4-2)17-14-8-7-12(19(21)22)10-13(14)15/h7-10H,3-6H2,1-2H3,(H,17,18,20). The van der Waals surface area contributed by atoms with Crippen molar-refractivity contribution in [1.82, 2.24) is 4.98 Å². The van der Waals surface area contributed by atoms with E-state index in [2.05, 4.69) is 10.3 Å². The summed E-state index contributed by atoms with van der Waals surface area (Å²) in [7, 11) is 0. The van der Waals surface area contributed by atoms with Crippen LogP contribution in [0.15, 0.2) is 24.3 Å². The van der Waals surface area contributed by atoms with Gasteiger partial charge >= 0.3 is 0 Å². The van der Waals surface area contributed by atoms with E-state index in [4.69, 9.17) is 0 Å². The molecule has 0 saturated carbocycles. The molecular formula is C16H19N3O3. The van der Waals surface area contributed by atoms with E-state index >= 15 is 0 Å². The third kappa shape index (κ3) is 3.58. The lowest BCUT2D eigenvalue weighted by molar-refractivity contribution is -0.384. The van der Waals surface area contributed by atoms with Gasteiger partial charge in [0.05, 0.1) is 16.1 Å². The minimum Gasteiger partial charge on any atom is -0.325 e. The summed E-state index contributed by atoms with van der Waals surface area (Å²) in [5, 5.41) is 14.4. The first-order chi connectivity index (χ1) is 10.5. The minimum atomic E-state index is -0.449. The van der Waals surface area contributed by atoms with Gasteiger partial charge < -0.3 is 5.32 Å². The van der Waals surface area contributed by atoms with Crippen molar-refractivity contribution in [3.8, 4) is 0 Å². The highest BCUT2D eigenvalue weighted by molar-refractivity contribution is 6.01. The molecule has 0 bridgehead atoms. The Hall–Kier alpha value is -2.50. The average molecular weight is 301 g/mol. The molecule has 2 aromatic rings. The third-order valence-corrected chi connectivity index (χ3v) is 3.45. The molecule has 0 radical (unpaired) electrons. The summed E-state index contributed by atoms with van der Waals surface area (Å²) in [5.41, 5.74) is 2.07. The van der Waals surface area contributed by atoms with Crippen LogP contribution in [0.5, 0.6) is 0 Å². The summed E-state index contributed by atoms with van der Waals surface area (Å²) in [6.45, 7) is 4.00. The molecule has 1 aromatic carbocycles. The van der Waals surface area contributed by atoms with Crippen molar-refractivity contribution >= 4 is 28.2 Å². The first kappa shape index (κ1) is 15.9. The molecule has 1 amide bonds. The number of fused-ring (bicyclic) bond motifs is 1. The summed E-state index contributed by atoms with van der Waals surface area (Å²) in [4.78, 5) is 26.9. The van der Waals surface area contributed by atoms with E-state index in [0.29, 0.717) is 23.0 Å². The molecule has 1 heterocycles. The van der Waals surface area contributed by atoms with Crippen LogP contribution in [-0.2, 0) is 11.2 Å². The summed E-state index contributed by atoms with van der Waals surface area (Å²) >= 11 is 0. The van der Waals surface area contributed by atoms with Crippen molar-refractivity contribution in [2.75, 3.05) is 5.32 Å². The Labute approximate surface area is 128 Å². The van der Waals surface area contributed by atoms with Gasteiger partial charge in [0.1, 0.15) is 0 Å². The van der Waals surface area contributed by atoms with Crippen LogP contribution >= 0.6 is 0 Å². The molecule has 116 valence electrons. The summed E-state index contributed by atoms with van der Waals surface area (Å²) in [6, 6.07) is 6.29. The van der Waals surface area contributed by atoms with Gasteiger partial charge in [-0.05, 0) is 25.0 Å². The zero-order valence-electron chi connectivity index (χ0n) is 12.8. The van der Waals surface area contributed by atoms with Crippen molar-refractivity contribution in [1.29, 1.82) is 0 Å². The molecule has 0 unspecified atom stereocenters. The smallest absolute Gasteiger partial charge is 0.270 e. The summed E-state index contributed by atoms with van der Waals surface area (Å²) in [6.07, 6.45) is 2.92. The van der Waals surface area contributed by atoms with Crippen LogP contribution in [0.3, 0.4) is 0 Å². The van der Waals surface area contributed by atoms with Crippen LogP contribution in [-0.4, -0.2) is 15.8 Å². The van der Waals surface area contributed by atoms with Crippen LogP contribution < -0.4 is 5.32 Å². The van der Waals surface area contributed by atoms with E-state index < -0.39 is 4.92 Å². The number of carbonyl (C=O) groups is 1. The fraction of sp³-hybridized carbons (Fsp3) is 0.375. The summed E-state index contributed by atoms with van der Waals surface area (Å²) in [5.74, 6) is -0.0806. The van der Waals surface area contributed by atoms with Gasteiger partial charge in [0.15, 0.2) is 0 Å². The molecule has 6 nitrogen and oxygen atoms in total. The largest absolute Gasteiger partial charge is 0.325 e. The molecule has 0 aliphatic rings. The molecule has 0 spiro atoms. The van der Waals surface area contributed by atoms with Gasteiger partial charge in [-0.3, -0.25) is 19.9 Å². The van der Waals surface area contributed by atoms with Gasteiger partial charge in [0.25, 0.3) is 5.69 Å². The van der Waals surface area contributed by atoms with Crippen LogP contribution in [0.1, 0.15) is 38.8 Å². The van der Waals surface area contributed by atoms with Crippen molar-refractivity contribution < 1.29 is 9.72 Å². The Bertz CT molecular complexity index is 713. The van der Waals surface area contributed by atoms with Gasteiger partial charge in [0, 0.05) is 29.6 Å². The number of unbranched alkanes of at least 4 members (excludes halogenated alkanes) is 1. The topological polar surface area (TPSA) is 85.1 Å². The molecular weight excluding hydrogens is 282 g/mol. The van der Waals surface area contributed by atoms with E-state index in [9.17, 15) is 14.9 Å². The summed E-state index contributed by atoms with van der Waals surface area (Å²) < 4.78 is 0.